The van der Waals surface area contributed by atoms with Gasteiger partial charge in [-0.2, -0.15) is 15.6 Å². The molecule has 0 aromatic heterocycles. The minimum Gasteiger partial charge on any atom is -0.375 e. The van der Waals surface area contributed by atoms with Gasteiger partial charge in [-0.1, -0.05) is 0 Å². The lowest BCUT2D eigenvalue weighted by molar-refractivity contribution is -0.119. The van der Waals surface area contributed by atoms with Crippen molar-refractivity contribution in [2.45, 2.75) is 0 Å². The summed E-state index contributed by atoms with van der Waals surface area (Å²) < 4.78 is 4.69. The second-order valence-corrected chi connectivity index (χ2v) is 3.35. The van der Waals surface area contributed by atoms with Crippen molar-refractivity contribution in [3.8, 4) is 12.1 Å². The van der Waals surface area contributed by atoms with Gasteiger partial charge >= 0.3 is 0 Å². The summed E-state index contributed by atoms with van der Waals surface area (Å²) >= 11 is 0. The maximum atomic E-state index is 11.2. The number of hydrazone groups is 1. The van der Waals surface area contributed by atoms with Gasteiger partial charge in [-0.05, 0) is 24.3 Å². The number of amides is 1. The lowest BCUT2D eigenvalue weighted by Crippen LogP contribution is -2.16. The summed E-state index contributed by atoms with van der Waals surface area (Å²) in [6.07, 6.45) is 0. The number of methoxy groups -OCH3 is 1. The smallest absolute Gasteiger partial charge is 0.250 e. The number of nitriles is 2. The number of anilines is 2. The minimum absolute atomic E-state index is 0.0159. The van der Waals surface area contributed by atoms with Crippen molar-refractivity contribution in [3.63, 3.8) is 0 Å². The molecule has 0 unspecified atom stereocenters. The van der Waals surface area contributed by atoms with Crippen LogP contribution in [0.5, 0.6) is 0 Å². The molecule has 0 aliphatic rings. The number of hydrogen-bond donors (Lipinski definition) is 2. The van der Waals surface area contributed by atoms with Crippen LogP contribution >= 0.6 is 0 Å². The molecule has 96 valence electrons. The molecule has 1 aromatic rings. The first-order valence-electron chi connectivity index (χ1n) is 5.22. The van der Waals surface area contributed by atoms with E-state index in [9.17, 15) is 4.79 Å². The predicted octanol–water partition coefficient (Wildman–Crippen LogP) is 1.09. The Balaban J connectivity index is 2.63. The van der Waals surface area contributed by atoms with Crippen molar-refractivity contribution in [2.75, 3.05) is 24.5 Å². The zero-order valence-electron chi connectivity index (χ0n) is 10.2. The predicted molar refractivity (Wildman–Crippen MR) is 69.2 cm³/mol. The Morgan fingerprint density at radius 1 is 1.26 bits per heavy atom. The second-order valence-electron chi connectivity index (χ2n) is 3.35. The molecular weight excluding hydrogens is 246 g/mol. The first-order chi connectivity index (χ1) is 9.19. The van der Waals surface area contributed by atoms with E-state index in [-0.39, 0.29) is 18.2 Å². The molecule has 0 fully saturated rings. The van der Waals surface area contributed by atoms with Crippen molar-refractivity contribution in [1.29, 1.82) is 10.5 Å². The lowest BCUT2D eigenvalue weighted by Gasteiger charge is -2.05. The molecule has 1 aromatic carbocycles. The maximum absolute atomic E-state index is 11.2. The topological polar surface area (TPSA) is 110 Å². The largest absolute Gasteiger partial charge is 0.375 e. The van der Waals surface area contributed by atoms with Gasteiger partial charge in [0.1, 0.15) is 18.7 Å². The third-order valence-electron chi connectivity index (χ3n) is 1.95. The fourth-order valence-corrected chi connectivity index (χ4v) is 1.15. The Labute approximate surface area is 110 Å². The van der Waals surface area contributed by atoms with Crippen LogP contribution in [0.15, 0.2) is 29.4 Å². The van der Waals surface area contributed by atoms with Gasteiger partial charge in [-0.25, -0.2) is 0 Å². The van der Waals surface area contributed by atoms with E-state index >= 15 is 0 Å². The zero-order chi connectivity index (χ0) is 14.1. The van der Waals surface area contributed by atoms with Crippen LogP contribution in [0, 0.1) is 22.7 Å². The average molecular weight is 257 g/mol. The van der Waals surface area contributed by atoms with Crippen molar-refractivity contribution in [2.24, 2.45) is 5.10 Å². The van der Waals surface area contributed by atoms with Crippen LogP contribution in [0.2, 0.25) is 0 Å². The number of nitrogens with one attached hydrogen (secondary N) is 2. The van der Waals surface area contributed by atoms with Crippen LogP contribution in [0.3, 0.4) is 0 Å². The number of hydrogen-bond acceptors (Lipinski definition) is 6. The Bertz CT molecular complexity index is 535. The molecule has 7 heteroatoms. The van der Waals surface area contributed by atoms with E-state index < -0.39 is 0 Å². The Kier molecular flexibility index (Phi) is 5.54. The van der Waals surface area contributed by atoms with E-state index in [1.165, 1.54) is 7.11 Å². The number of benzene rings is 1. The first kappa shape index (κ1) is 14.2. The fraction of sp³-hybridized carbons (Fsp3) is 0.167. The fourth-order valence-electron chi connectivity index (χ4n) is 1.15. The standard InChI is InChI=1S/C12H11N5O2/c1-19-8-12(18)15-9-2-4-10(5-3-9)16-17-11(6-13)7-14/h2-5,16H,8H2,1H3,(H,15,18). The van der Waals surface area contributed by atoms with Crippen molar-refractivity contribution >= 4 is 23.0 Å². The van der Waals surface area contributed by atoms with Crippen molar-refractivity contribution < 1.29 is 9.53 Å². The number of rotatable bonds is 5. The van der Waals surface area contributed by atoms with Gasteiger partial charge in [-0.3, -0.25) is 10.2 Å². The van der Waals surface area contributed by atoms with Gasteiger partial charge in [0.05, 0.1) is 5.69 Å². The summed E-state index contributed by atoms with van der Waals surface area (Å²) in [5, 5.41) is 23.2. The van der Waals surface area contributed by atoms with E-state index in [1.807, 2.05) is 0 Å². The molecular formula is C12H11N5O2. The van der Waals surface area contributed by atoms with E-state index in [0.29, 0.717) is 11.4 Å². The summed E-state index contributed by atoms with van der Waals surface area (Å²) in [5.41, 5.74) is 3.49. The lowest BCUT2D eigenvalue weighted by atomic mass is 10.3. The molecule has 1 amide bonds. The zero-order valence-corrected chi connectivity index (χ0v) is 10.2. The number of carbonyl (C=O) groups excluding carboxylic acids is 1. The molecule has 0 saturated heterocycles. The van der Waals surface area contributed by atoms with Crippen LogP contribution in [0.4, 0.5) is 11.4 Å². The number of nitrogens with zero attached hydrogens (tertiary/aromatic N) is 3. The highest BCUT2D eigenvalue weighted by Crippen LogP contribution is 2.13. The molecule has 0 bridgehead atoms. The van der Waals surface area contributed by atoms with E-state index in [0.717, 1.165) is 0 Å². The van der Waals surface area contributed by atoms with Crippen LogP contribution in [0.1, 0.15) is 0 Å². The highest BCUT2D eigenvalue weighted by Gasteiger charge is 2.01. The van der Waals surface area contributed by atoms with Crippen molar-refractivity contribution in [3.05, 3.63) is 24.3 Å². The molecule has 0 aliphatic heterocycles. The van der Waals surface area contributed by atoms with E-state index in [4.69, 9.17) is 10.5 Å². The summed E-state index contributed by atoms with van der Waals surface area (Å²) in [7, 11) is 1.44. The van der Waals surface area contributed by atoms with E-state index in [1.54, 1.807) is 36.4 Å². The second kappa shape index (κ2) is 7.43. The molecule has 0 atom stereocenters. The first-order valence-corrected chi connectivity index (χ1v) is 5.22. The van der Waals surface area contributed by atoms with Gasteiger partial charge in [0.2, 0.25) is 11.6 Å². The SMILES string of the molecule is COCC(=O)Nc1ccc(NN=C(C#N)C#N)cc1. The molecule has 0 heterocycles. The normalized spacial score (nSPS) is 8.79. The Morgan fingerprint density at radius 2 is 1.84 bits per heavy atom. The number of carbonyl (C=O) groups is 1. The van der Waals surface area contributed by atoms with Crippen LogP contribution in [-0.4, -0.2) is 25.3 Å². The third-order valence-corrected chi connectivity index (χ3v) is 1.95. The quantitative estimate of drug-likeness (QED) is 0.605. The molecule has 0 aliphatic carbocycles. The monoisotopic (exact) mass is 257 g/mol. The molecule has 0 saturated carbocycles. The summed E-state index contributed by atoms with van der Waals surface area (Å²) in [5.74, 6) is -0.252. The minimum atomic E-state index is -0.266. The highest BCUT2D eigenvalue weighted by atomic mass is 16.5. The molecule has 19 heavy (non-hydrogen) atoms. The molecule has 0 radical (unpaired) electrons. The summed E-state index contributed by atoms with van der Waals surface area (Å²) in [4.78, 5) is 11.2. The van der Waals surface area contributed by atoms with E-state index in [2.05, 4.69) is 20.6 Å². The van der Waals surface area contributed by atoms with Crippen LogP contribution in [0.25, 0.3) is 0 Å². The van der Waals surface area contributed by atoms with Gasteiger partial charge in [-0.15, -0.1) is 0 Å². The molecule has 0 spiro atoms. The molecule has 1 rings (SSSR count). The number of ether oxygens (including phenoxy) is 1. The summed E-state index contributed by atoms with van der Waals surface area (Å²) in [6, 6.07) is 9.87. The maximum Gasteiger partial charge on any atom is 0.250 e. The Morgan fingerprint density at radius 3 is 2.37 bits per heavy atom. The summed E-state index contributed by atoms with van der Waals surface area (Å²) in [6.45, 7) is -0.0159. The van der Waals surface area contributed by atoms with Gasteiger partial charge in [0.25, 0.3) is 0 Å². The van der Waals surface area contributed by atoms with Crippen LogP contribution < -0.4 is 10.7 Å². The third kappa shape index (κ3) is 4.86. The molecule has 2 N–H and O–H groups in total. The molecule has 7 nitrogen and oxygen atoms in total. The Hall–Kier alpha value is -2.90. The van der Waals surface area contributed by atoms with Gasteiger partial charge in [0.15, 0.2) is 0 Å². The van der Waals surface area contributed by atoms with Crippen LogP contribution in [-0.2, 0) is 9.53 Å². The van der Waals surface area contributed by atoms with Crippen molar-refractivity contribution in [1.82, 2.24) is 0 Å². The average Bonchev–Trinajstić information content (AvgIpc) is 2.42. The van der Waals surface area contributed by atoms with Gasteiger partial charge < -0.3 is 10.1 Å². The van der Waals surface area contributed by atoms with Gasteiger partial charge in [0, 0.05) is 12.8 Å². The highest BCUT2D eigenvalue weighted by molar-refractivity contribution is 6.10.